The van der Waals surface area contributed by atoms with Crippen LogP contribution in [0, 0.1) is 6.92 Å². The van der Waals surface area contributed by atoms with Crippen molar-refractivity contribution in [2.24, 2.45) is 0 Å². The monoisotopic (exact) mass is 418 g/mol. The van der Waals surface area contributed by atoms with Gasteiger partial charge < -0.3 is 4.74 Å². The molecule has 0 radical (unpaired) electrons. The third-order valence-electron chi connectivity index (χ3n) is 2.87. The summed E-state index contributed by atoms with van der Waals surface area (Å²) in [5, 5.41) is 0. The molecule has 2 aromatic rings. The number of rotatable bonds is 3. The average molecular weight is 418 g/mol. The van der Waals surface area contributed by atoms with Gasteiger partial charge in [-0.15, -0.1) is 0 Å². The molecule has 0 bridgehead atoms. The Morgan fingerprint density at radius 3 is 1.77 bits per heavy atom. The number of carbonyl (C=O) groups excluding carboxylic acids is 1. The van der Waals surface area contributed by atoms with Gasteiger partial charge in [0.2, 0.25) is 0 Å². The fraction of sp³-hybridized carbons (Fsp3) is 0.188. The molecule has 2 rings (SSSR count). The molecule has 0 aliphatic carbocycles. The van der Waals surface area contributed by atoms with Crippen LogP contribution < -0.4 is 4.74 Å². The Morgan fingerprint density at radius 1 is 0.885 bits per heavy atom. The van der Waals surface area contributed by atoms with Crippen LogP contribution in [0.2, 0.25) is 0 Å². The molecule has 0 amide bonds. The van der Waals surface area contributed by atoms with Crippen molar-refractivity contribution in [2.45, 2.75) is 11.8 Å². The summed E-state index contributed by atoms with van der Waals surface area (Å²) in [6, 6.07) is 15.1. The second-order valence-electron chi connectivity index (χ2n) is 5.45. The van der Waals surface area contributed by atoms with Gasteiger partial charge in [0.15, 0.2) is 4.90 Å². The molecule has 0 aliphatic rings. The number of halogens is 6. The van der Waals surface area contributed by atoms with Crippen molar-refractivity contribution in [3.8, 4) is 5.75 Å². The average Bonchev–Trinajstić information content (AvgIpc) is 2.45. The molecule has 0 fully saturated rings. The van der Waals surface area contributed by atoms with Crippen molar-refractivity contribution in [1.82, 2.24) is 0 Å². The number of aryl methyl sites for hydroxylation is 1. The van der Waals surface area contributed by atoms with Crippen LogP contribution in [0.5, 0.6) is 5.75 Å². The number of hydrogen-bond acceptors (Lipinski definition) is 2. The van der Waals surface area contributed by atoms with E-state index in [4.69, 9.17) is 4.74 Å². The van der Waals surface area contributed by atoms with Gasteiger partial charge in [-0.25, -0.2) is 4.79 Å². The SMILES string of the molecule is Cc1ccccc1C(=O)Oc1ccc([S+](C)C)cc1.F[P-](F)(F)(F)(F)F. The normalized spacial score (nSPS) is 13.9. The van der Waals surface area contributed by atoms with Crippen molar-refractivity contribution in [3.63, 3.8) is 0 Å². The summed E-state index contributed by atoms with van der Waals surface area (Å²) < 4.78 is 64.6. The Labute approximate surface area is 149 Å². The molecule has 0 heterocycles. The molecule has 0 saturated carbocycles. The zero-order valence-corrected chi connectivity index (χ0v) is 15.8. The van der Waals surface area contributed by atoms with E-state index in [0.29, 0.717) is 11.3 Å². The molecule has 0 aliphatic heterocycles. The van der Waals surface area contributed by atoms with Gasteiger partial charge in [0.05, 0.1) is 5.56 Å². The fourth-order valence-corrected chi connectivity index (χ4v) is 2.42. The Morgan fingerprint density at radius 2 is 1.35 bits per heavy atom. The first kappa shape index (κ1) is 22.3. The molecule has 0 spiro atoms. The predicted octanol–water partition coefficient (Wildman–Crippen LogP) is 6.83. The number of hydrogen-bond donors (Lipinski definition) is 0. The predicted molar refractivity (Wildman–Crippen MR) is 93.6 cm³/mol. The van der Waals surface area contributed by atoms with E-state index in [1.807, 2.05) is 49.4 Å². The van der Waals surface area contributed by atoms with E-state index in [0.717, 1.165) is 5.56 Å². The topological polar surface area (TPSA) is 26.3 Å². The first-order valence-electron chi connectivity index (χ1n) is 7.05. The van der Waals surface area contributed by atoms with Crippen LogP contribution in [0.25, 0.3) is 0 Å². The van der Waals surface area contributed by atoms with Crippen molar-refractivity contribution in [2.75, 3.05) is 12.5 Å². The molecule has 0 unspecified atom stereocenters. The second kappa shape index (κ2) is 7.12. The quantitative estimate of drug-likeness (QED) is 0.179. The van der Waals surface area contributed by atoms with Gasteiger partial charge in [-0.3, -0.25) is 0 Å². The van der Waals surface area contributed by atoms with Crippen LogP contribution in [-0.4, -0.2) is 18.5 Å². The molecule has 0 saturated heterocycles. The first-order chi connectivity index (χ1) is 11.5. The maximum atomic E-state index is 12.0. The molecule has 10 heteroatoms. The molecule has 0 N–H and O–H groups in total. The molecule has 146 valence electrons. The van der Waals surface area contributed by atoms with Crippen molar-refractivity contribution in [1.29, 1.82) is 0 Å². The number of benzene rings is 2. The molecule has 26 heavy (non-hydrogen) atoms. The molecule has 2 aromatic carbocycles. The van der Waals surface area contributed by atoms with Gasteiger partial charge in [-0.1, -0.05) is 18.2 Å². The summed E-state index contributed by atoms with van der Waals surface area (Å²) in [6.07, 6.45) is 4.32. The third kappa shape index (κ3) is 10.3. The van der Waals surface area contributed by atoms with E-state index in [-0.39, 0.29) is 16.9 Å². The van der Waals surface area contributed by atoms with Crippen molar-refractivity contribution in [3.05, 3.63) is 59.7 Å². The van der Waals surface area contributed by atoms with E-state index in [2.05, 4.69) is 12.5 Å². The molecule has 2 nitrogen and oxygen atoms in total. The maximum absolute atomic E-state index is 12.0. The number of ether oxygens (including phenoxy) is 1. The third-order valence-corrected chi connectivity index (χ3v) is 4.09. The van der Waals surface area contributed by atoms with Gasteiger partial charge in [0, 0.05) is 10.9 Å². The van der Waals surface area contributed by atoms with Gasteiger partial charge >= 0.3 is 39.0 Å². The fourth-order valence-electron chi connectivity index (χ4n) is 1.74. The van der Waals surface area contributed by atoms with Crippen LogP contribution in [-0.2, 0) is 10.9 Å². The van der Waals surface area contributed by atoms with Gasteiger partial charge in [0.25, 0.3) is 0 Å². The van der Waals surface area contributed by atoms with E-state index >= 15 is 0 Å². The zero-order valence-electron chi connectivity index (χ0n) is 14.1. The van der Waals surface area contributed by atoms with E-state index in [9.17, 15) is 30.0 Å². The summed E-state index contributed by atoms with van der Waals surface area (Å²) >= 11 is 0. The van der Waals surface area contributed by atoms with Gasteiger partial charge in [-0.05, 0) is 42.8 Å². The van der Waals surface area contributed by atoms with Gasteiger partial charge in [0.1, 0.15) is 18.3 Å². The van der Waals surface area contributed by atoms with Crippen LogP contribution in [0.3, 0.4) is 0 Å². The van der Waals surface area contributed by atoms with E-state index < -0.39 is 7.81 Å². The van der Waals surface area contributed by atoms with Crippen molar-refractivity contribution < 1.29 is 34.7 Å². The van der Waals surface area contributed by atoms with E-state index in [1.165, 1.54) is 4.90 Å². The Hall–Kier alpha value is -1.73. The number of esters is 1. The second-order valence-corrected chi connectivity index (χ2v) is 9.47. The van der Waals surface area contributed by atoms with Crippen LogP contribution in [0.15, 0.2) is 53.4 Å². The summed E-state index contributed by atoms with van der Waals surface area (Å²) in [7, 11) is -10.4. The zero-order chi connectivity index (χ0) is 20.2. The van der Waals surface area contributed by atoms with Crippen LogP contribution >= 0.6 is 7.81 Å². The molecule has 0 atom stereocenters. The Kier molecular flexibility index (Phi) is 6.11. The molecular weight excluding hydrogens is 401 g/mol. The standard InChI is InChI=1S/C16H17O2S.F6P/c1-12-6-4-5-7-15(12)16(17)18-13-8-10-14(11-9-13)19(2)3;1-7(2,3,4,5)6/h4-11H,1-3H3;/q+1;-1. The minimum absolute atomic E-state index is 0.220. The summed E-state index contributed by atoms with van der Waals surface area (Å²) in [5.41, 5.74) is 1.53. The van der Waals surface area contributed by atoms with Gasteiger partial charge in [-0.2, -0.15) is 0 Å². The van der Waals surface area contributed by atoms with Crippen molar-refractivity contribution >= 4 is 24.7 Å². The minimum atomic E-state index is -10.7. The van der Waals surface area contributed by atoms with Crippen LogP contribution in [0.1, 0.15) is 15.9 Å². The summed E-state index contributed by atoms with van der Waals surface area (Å²) in [4.78, 5) is 13.3. The van der Waals surface area contributed by atoms with E-state index in [1.54, 1.807) is 6.07 Å². The Bertz CT molecular complexity index is 762. The first-order valence-corrected chi connectivity index (χ1v) is 11.1. The summed E-state index contributed by atoms with van der Waals surface area (Å²) in [6.45, 7) is 1.90. The number of carbonyl (C=O) groups is 1. The molecular formula is C16H17F6O2PS. The Balaban J connectivity index is 0.000000412. The van der Waals surface area contributed by atoms with Crippen LogP contribution in [0.4, 0.5) is 25.2 Å². The molecule has 0 aromatic heterocycles. The summed E-state index contributed by atoms with van der Waals surface area (Å²) in [5.74, 6) is 0.278.